The Kier molecular flexibility index (Phi) is 4.76. The molecule has 0 spiro atoms. The number of pyridine rings is 1. The van der Waals surface area contributed by atoms with Crippen LogP contribution in [0.2, 0.25) is 0 Å². The van der Waals surface area contributed by atoms with E-state index in [1.807, 2.05) is 31.4 Å². The zero-order chi connectivity index (χ0) is 17.1. The van der Waals surface area contributed by atoms with Gasteiger partial charge >= 0.3 is 0 Å². The molecular formula is C18H19N3O2S. The molecule has 0 saturated carbocycles. The summed E-state index contributed by atoms with van der Waals surface area (Å²) in [6.07, 6.45) is 3.97. The smallest absolute Gasteiger partial charge is 0.259 e. The van der Waals surface area contributed by atoms with Crippen LogP contribution in [0, 0.1) is 0 Å². The maximum atomic E-state index is 12.9. The zero-order valence-corrected chi connectivity index (χ0v) is 14.5. The van der Waals surface area contributed by atoms with Gasteiger partial charge in [-0.05, 0) is 26.0 Å². The van der Waals surface area contributed by atoms with Gasteiger partial charge in [0.1, 0.15) is 5.56 Å². The lowest BCUT2D eigenvalue weighted by molar-refractivity contribution is 0.0706. The summed E-state index contributed by atoms with van der Waals surface area (Å²) in [5.74, 6) is -0.242. The quantitative estimate of drug-likeness (QED) is 0.775. The molecule has 5 nitrogen and oxygen atoms in total. The van der Waals surface area contributed by atoms with Crippen LogP contribution in [-0.2, 0) is 6.42 Å². The van der Waals surface area contributed by atoms with Crippen LogP contribution in [-0.4, -0.2) is 33.4 Å². The van der Waals surface area contributed by atoms with Gasteiger partial charge in [0.2, 0.25) is 5.43 Å². The molecule has 0 atom stereocenters. The number of hydrogen-bond donors (Lipinski definition) is 1. The average molecular weight is 341 g/mol. The number of H-pyrrole nitrogens is 1. The molecule has 0 bridgehead atoms. The Morgan fingerprint density at radius 1 is 1.33 bits per heavy atom. The Bertz CT molecular complexity index is 900. The van der Waals surface area contributed by atoms with E-state index in [-0.39, 0.29) is 22.9 Å². The molecule has 0 radical (unpaired) electrons. The molecule has 1 amide bonds. The lowest BCUT2D eigenvalue weighted by Gasteiger charge is -2.26. The van der Waals surface area contributed by atoms with Crippen molar-refractivity contribution in [3.05, 3.63) is 62.8 Å². The number of nitrogens with zero attached hydrogens (tertiary/aromatic N) is 2. The number of nitrogens with one attached hydrogen (secondary N) is 1. The monoisotopic (exact) mass is 341 g/mol. The van der Waals surface area contributed by atoms with Crippen molar-refractivity contribution >= 4 is 28.1 Å². The van der Waals surface area contributed by atoms with Gasteiger partial charge in [-0.25, -0.2) is 4.98 Å². The Hall–Kier alpha value is -2.47. The van der Waals surface area contributed by atoms with E-state index in [0.717, 1.165) is 10.5 Å². The Morgan fingerprint density at radius 2 is 2.12 bits per heavy atom. The molecule has 2 aromatic heterocycles. The SMILES string of the molecule is CC(C)N(CCc1nccs1)C(=O)c1c[nH]c2ccccc2c1=O. The number of carbonyl (C=O) groups is 1. The highest BCUT2D eigenvalue weighted by molar-refractivity contribution is 7.09. The minimum absolute atomic E-state index is 0.00309. The fraction of sp³-hybridized carbons (Fsp3) is 0.278. The number of fused-ring (bicyclic) bond motifs is 1. The predicted molar refractivity (Wildman–Crippen MR) is 96.6 cm³/mol. The molecule has 0 aliphatic carbocycles. The molecule has 2 heterocycles. The summed E-state index contributed by atoms with van der Waals surface area (Å²) < 4.78 is 0. The summed E-state index contributed by atoms with van der Waals surface area (Å²) in [6, 6.07) is 7.22. The molecule has 3 aromatic rings. The molecule has 1 aromatic carbocycles. The third kappa shape index (κ3) is 3.23. The third-order valence-electron chi connectivity index (χ3n) is 3.95. The maximum Gasteiger partial charge on any atom is 0.259 e. The summed E-state index contributed by atoms with van der Waals surface area (Å²) in [4.78, 5) is 34.6. The van der Waals surface area contributed by atoms with E-state index in [4.69, 9.17) is 0 Å². The van der Waals surface area contributed by atoms with Gasteiger partial charge in [0.15, 0.2) is 0 Å². The van der Waals surface area contributed by atoms with Crippen molar-refractivity contribution in [2.75, 3.05) is 6.54 Å². The fourth-order valence-electron chi connectivity index (χ4n) is 2.67. The molecule has 124 valence electrons. The lowest BCUT2D eigenvalue weighted by Crippen LogP contribution is -2.40. The van der Waals surface area contributed by atoms with Crippen molar-refractivity contribution in [1.82, 2.24) is 14.9 Å². The molecule has 0 unspecified atom stereocenters. The second-order valence-electron chi connectivity index (χ2n) is 5.85. The van der Waals surface area contributed by atoms with Crippen molar-refractivity contribution in [1.29, 1.82) is 0 Å². The first-order valence-corrected chi connectivity index (χ1v) is 8.75. The van der Waals surface area contributed by atoms with Crippen LogP contribution in [0.5, 0.6) is 0 Å². The molecule has 3 rings (SSSR count). The molecule has 1 N–H and O–H groups in total. The van der Waals surface area contributed by atoms with E-state index in [1.54, 1.807) is 34.6 Å². The predicted octanol–water partition coefficient (Wildman–Crippen LogP) is 3.08. The van der Waals surface area contributed by atoms with Crippen LogP contribution < -0.4 is 5.43 Å². The van der Waals surface area contributed by atoms with E-state index in [9.17, 15) is 9.59 Å². The minimum Gasteiger partial charge on any atom is -0.360 e. The van der Waals surface area contributed by atoms with Crippen molar-refractivity contribution in [2.45, 2.75) is 26.3 Å². The average Bonchev–Trinajstić information content (AvgIpc) is 3.08. The highest BCUT2D eigenvalue weighted by Crippen LogP contribution is 2.12. The number of aromatic amines is 1. The molecule has 0 saturated heterocycles. The molecule has 0 aliphatic rings. The summed E-state index contributed by atoms with van der Waals surface area (Å²) in [5, 5.41) is 3.44. The summed E-state index contributed by atoms with van der Waals surface area (Å²) in [5.41, 5.74) is 0.689. The number of carbonyl (C=O) groups excluding carboxylic acids is 1. The van der Waals surface area contributed by atoms with Crippen molar-refractivity contribution < 1.29 is 4.79 Å². The van der Waals surface area contributed by atoms with Gasteiger partial charge in [-0.15, -0.1) is 11.3 Å². The first kappa shape index (κ1) is 16.4. The van der Waals surface area contributed by atoms with Gasteiger partial charge in [-0.2, -0.15) is 0 Å². The van der Waals surface area contributed by atoms with Gasteiger partial charge in [0, 0.05) is 47.7 Å². The molecule has 0 aliphatic heterocycles. The molecule has 6 heteroatoms. The van der Waals surface area contributed by atoms with Crippen LogP contribution in [0.4, 0.5) is 0 Å². The van der Waals surface area contributed by atoms with Crippen molar-refractivity contribution in [3.8, 4) is 0 Å². The number of thiazole rings is 1. The summed E-state index contributed by atoms with van der Waals surface area (Å²) in [6.45, 7) is 4.44. The number of benzene rings is 1. The van der Waals surface area contributed by atoms with E-state index in [0.29, 0.717) is 18.4 Å². The van der Waals surface area contributed by atoms with Gasteiger partial charge < -0.3 is 9.88 Å². The van der Waals surface area contributed by atoms with Gasteiger partial charge in [-0.1, -0.05) is 12.1 Å². The van der Waals surface area contributed by atoms with Crippen molar-refractivity contribution in [2.24, 2.45) is 0 Å². The first-order valence-electron chi connectivity index (χ1n) is 7.87. The second kappa shape index (κ2) is 6.97. The van der Waals surface area contributed by atoms with Crippen LogP contribution in [0.25, 0.3) is 10.9 Å². The number of para-hydroxylation sites is 1. The number of aromatic nitrogens is 2. The zero-order valence-electron chi connectivity index (χ0n) is 13.7. The standard InChI is InChI=1S/C18H19N3O2S/c1-12(2)21(9-7-16-19-8-10-24-16)18(23)14-11-20-15-6-4-3-5-13(15)17(14)22/h3-6,8,10-12H,7,9H2,1-2H3,(H,20,22). The number of amides is 1. The largest absolute Gasteiger partial charge is 0.360 e. The number of rotatable bonds is 5. The van der Waals surface area contributed by atoms with Crippen LogP contribution in [0.3, 0.4) is 0 Å². The first-order chi connectivity index (χ1) is 11.6. The Balaban J connectivity index is 1.90. The minimum atomic E-state index is -0.242. The molecule has 24 heavy (non-hydrogen) atoms. The molecule has 0 fully saturated rings. The van der Waals surface area contributed by atoms with E-state index in [2.05, 4.69) is 9.97 Å². The van der Waals surface area contributed by atoms with E-state index in [1.165, 1.54) is 6.20 Å². The second-order valence-corrected chi connectivity index (χ2v) is 6.82. The van der Waals surface area contributed by atoms with E-state index < -0.39 is 0 Å². The highest BCUT2D eigenvalue weighted by atomic mass is 32.1. The Morgan fingerprint density at radius 3 is 2.83 bits per heavy atom. The third-order valence-corrected chi connectivity index (χ3v) is 4.79. The van der Waals surface area contributed by atoms with Gasteiger partial charge in [-0.3, -0.25) is 9.59 Å². The molecular weight excluding hydrogens is 322 g/mol. The van der Waals surface area contributed by atoms with Crippen LogP contribution in [0.15, 0.2) is 46.8 Å². The topological polar surface area (TPSA) is 66.1 Å². The lowest BCUT2D eigenvalue weighted by atomic mass is 10.1. The fourth-order valence-corrected chi connectivity index (χ4v) is 3.28. The normalized spacial score (nSPS) is 11.1. The summed E-state index contributed by atoms with van der Waals surface area (Å²) >= 11 is 1.57. The highest BCUT2D eigenvalue weighted by Gasteiger charge is 2.22. The van der Waals surface area contributed by atoms with Gasteiger partial charge in [0.05, 0.1) is 5.01 Å². The van der Waals surface area contributed by atoms with E-state index >= 15 is 0 Å². The van der Waals surface area contributed by atoms with Gasteiger partial charge in [0.25, 0.3) is 5.91 Å². The van der Waals surface area contributed by atoms with Crippen molar-refractivity contribution in [3.63, 3.8) is 0 Å². The Labute approximate surface area is 144 Å². The van der Waals surface area contributed by atoms with Crippen LogP contribution >= 0.6 is 11.3 Å². The summed E-state index contributed by atoms with van der Waals surface area (Å²) in [7, 11) is 0. The maximum absolute atomic E-state index is 12.9. The van der Waals surface area contributed by atoms with Crippen LogP contribution in [0.1, 0.15) is 29.2 Å². The number of hydrogen-bond acceptors (Lipinski definition) is 4.